The Morgan fingerprint density at radius 2 is 2.18 bits per heavy atom. The standard InChI is InChI=1S/C13H22N4O4S/c1-13(21-2)4-3-6-16(7-5-13)12(18)10-17-9-11(8-15-17)22(14,19)20/h8-9H,3-7,10H2,1-2H3,(H2,14,19,20). The fraction of sp³-hybridized carbons (Fsp3) is 0.692. The zero-order valence-electron chi connectivity index (χ0n) is 12.9. The van der Waals surface area contributed by atoms with E-state index in [0.29, 0.717) is 13.1 Å². The summed E-state index contributed by atoms with van der Waals surface area (Å²) >= 11 is 0. The smallest absolute Gasteiger partial charge is 0.244 e. The second kappa shape index (κ2) is 6.35. The van der Waals surface area contributed by atoms with Crippen LogP contribution in [0.15, 0.2) is 17.3 Å². The number of rotatable bonds is 4. The number of ether oxygens (including phenoxy) is 1. The molecule has 124 valence electrons. The highest BCUT2D eigenvalue weighted by atomic mass is 32.2. The van der Waals surface area contributed by atoms with Gasteiger partial charge in [0, 0.05) is 26.4 Å². The molecule has 1 aliphatic heterocycles. The number of hydrogen-bond acceptors (Lipinski definition) is 5. The SMILES string of the molecule is COC1(C)CCCN(C(=O)Cn2cc(S(N)(=O)=O)cn2)CC1. The van der Waals surface area contributed by atoms with Crippen LogP contribution >= 0.6 is 0 Å². The molecule has 8 nitrogen and oxygen atoms in total. The maximum Gasteiger partial charge on any atom is 0.244 e. The van der Waals surface area contributed by atoms with Gasteiger partial charge in [0.1, 0.15) is 11.4 Å². The van der Waals surface area contributed by atoms with Crippen molar-refractivity contribution in [3.63, 3.8) is 0 Å². The number of sulfonamides is 1. The number of nitrogens with two attached hydrogens (primary N) is 1. The number of carbonyl (C=O) groups excluding carboxylic acids is 1. The molecule has 22 heavy (non-hydrogen) atoms. The van der Waals surface area contributed by atoms with Gasteiger partial charge in [0.15, 0.2) is 0 Å². The van der Waals surface area contributed by atoms with Gasteiger partial charge in [-0.3, -0.25) is 9.48 Å². The van der Waals surface area contributed by atoms with Crippen molar-refractivity contribution in [3.05, 3.63) is 12.4 Å². The van der Waals surface area contributed by atoms with Gasteiger partial charge in [-0.25, -0.2) is 13.6 Å². The number of methoxy groups -OCH3 is 1. The number of nitrogens with zero attached hydrogens (tertiary/aromatic N) is 3. The quantitative estimate of drug-likeness (QED) is 0.832. The molecular formula is C13H22N4O4S. The zero-order valence-corrected chi connectivity index (χ0v) is 13.7. The molecule has 1 unspecified atom stereocenters. The lowest BCUT2D eigenvalue weighted by Gasteiger charge is -2.26. The summed E-state index contributed by atoms with van der Waals surface area (Å²) in [6, 6.07) is 0. The molecule has 9 heteroatoms. The fourth-order valence-corrected chi connectivity index (χ4v) is 2.98. The molecule has 1 aromatic heterocycles. The Hall–Kier alpha value is -1.45. The van der Waals surface area contributed by atoms with Gasteiger partial charge in [-0.1, -0.05) is 0 Å². The molecule has 0 aromatic carbocycles. The third-order valence-corrected chi connectivity index (χ3v) is 4.99. The maximum absolute atomic E-state index is 12.3. The Balaban J connectivity index is 1.99. The summed E-state index contributed by atoms with van der Waals surface area (Å²) < 4.78 is 29.2. The Kier molecular flexibility index (Phi) is 4.88. The first-order chi connectivity index (χ1) is 10.2. The summed E-state index contributed by atoms with van der Waals surface area (Å²) in [5, 5.41) is 8.89. The zero-order chi connectivity index (χ0) is 16.4. The number of aromatic nitrogens is 2. The minimum atomic E-state index is -3.79. The fourth-order valence-electron chi connectivity index (χ4n) is 2.52. The van der Waals surface area contributed by atoms with E-state index in [1.165, 1.54) is 10.9 Å². The van der Waals surface area contributed by atoms with E-state index in [9.17, 15) is 13.2 Å². The van der Waals surface area contributed by atoms with Crippen LogP contribution in [0.1, 0.15) is 26.2 Å². The summed E-state index contributed by atoms with van der Waals surface area (Å²) in [6.45, 7) is 3.33. The van der Waals surface area contributed by atoms with E-state index in [1.54, 1.807) is 12.0 Å². The predicted molar refractivity (Wildman–Crippen MR) is 79.4 cm³/mol. The second-order valence-electron chi connectivity index (χ2n) is 5.81. The first-order valence-corrected chi connectivity index (χ1v) is 8.66. The molecule has 0 bridgehead atoms. The highest BCUT2D eigenvalue weighted by molar-refractivity contribution is 7.89. The number of primary sulfonamides is 1. The summed E-state index contributed by atoms with van der Waals surface area (Å²) in [7, 11) is -2.10. The van der Waals surface area contributed by atoms with Crippen LogP contribution < -0.4 is 5.14 Å². The average Bonchev–Trinajstić information content (AvgIpc) is 2.82. The van der Waals surface area contributed by atoms with Crippen molar-refractivity contribution in [2.75, 3.05) is 20.2 Å². The highest BCUT2D eigenvalue weighted by Crippen LogP contribution is 2.25. The van der Waals surface area contributed by atoms with Crippen molar-refractivity contribution in [2.24, 2.45) is 5.14 Å². The largest absolute Gasteiger partial charge is 0.378 e. The van der Waals surface area contributed by atoms with Gasteiger partial charge in [-0.2, -0.15) is 5.10 Å². The lowest BCUT2D eigenvalue weighted by Crippen LogP contribution is -2.36. The third kappa shape index (κ3) is 4.05. The Labute approximate surface area is 130 Å². The van der Waals surface area contributed by atoms with Crippen molar-refractivity contribution in [1.82, 2.24) is 14.7 Å². The van der Waals surface area contributed by atoms with E-state index in [-0.39, 0.29) is 22.9 Å². The molecule has 0 saturated carbocycles. The van der Waals surface area contributed by atoms with Crippen molar-refractivity contribution in [1.29, 1.82) is 0 Å². The van der Waals surface area contributed by atoms with Crippen LogP contribution in [0.5, 0.6) is 0 Å². The van der Waals surface area contributed by atoms with Crippen LogP contribution in [0.2, 0.25) is 0 Å². The van der Waals surface area contributed by atoms with Gasteiger partial charge in [0.2, 0.25) is 15.9 Å². The predicted octanol–water partition coefficient (Wildman–Crippen LogP) is -0.0519. The van der Waals surface area contributed by atoms with E-state index < -0.39 is 10.0 Å². The van der Waals surface area contributed by atoms with Gasteiger partial charge < -0.3 is 9.64 Å². The van der Waals surface area contributed by atoms with Crippen molar-refractivity contribution in [2.45, 2.75) is 43.2 Å². The molecule has 2 N–H and O–H groups in total. The molecule has 1 aromatic rings. The molecule has 2 heterocycles. The van der Waals surface area contributed by atoms with Gasteiger partial charge in [0.25, 0.3) is 0 Å². The molecule has 1 amide bonds. The van der Waals surface area contributed by atoms with Crippen LogP contribution in [0.25, 0.3) is 0 Å². The van der Waals surface area contributed by atoms with Crippen molar-refractivity contribution in [3.8, 4) is 0 Å². The Morgan fingerprint density at radius 1 is 1.45 bits per heavy atom. The van der Waals surface area contributed by atoms with Gasteiger partial charge in [-0.15, -0.1) is 0 Å². The summed E-state index contributed by atoms with van der Waals surface area (Å²) in [6.07, 6.45) is 4.97. The normalized spacial score (nSPS) is 23.3. The molecule has 1 fully saturated rings. The van der Waals surface area contributed by atoms with Gasteiger partial charge in [0.05, 0.1) is 11.8 Å². The molecular weight excluding hydrogens is 308 g/mol. The lowest BCUT2D eigenvalue weighted by molar-refractivity contribution is -0.132. The molecule has 0 radical (unpaired) electrons. The van der Waals surface area contributed by atoms with Crippen LogP contribution in [-0.4, -0.2) is 54.8 Å². The van der Waals surface area contributed by atoms with E-state index in [0.717, 1.165) is 25.5 Å². The molecule has 1 atom stereocenters. The number of carbonyl (C=O) groups is 1. The molecule has 0 aliphatic carbocycles. The monoisotopic (exact) mass is 330 g/mol. The van der Waals surface area contributed by atoms with Crippen LogP contribution in [0, 0.1) is 0 Å². The molecule has 1 aliphatic rings. The molecule has 1 saturated heterocycles. The van der Waals surface area contributed by atoms with E-state index in [2.05, 4.69) is 5.10 Å². The topological polar surface area (TPSA) is 108 Å². The minimum Gasteiger partial charge on any atom is -0.378 e. The second-order valence-corrected chi connectivity index (χ2v) is 7.37. The summed E-state index contributed by atoms with van der Waals surface area (Å²) in [5.74, 6) is -0.0931. The lowest BCUT2D eigenvalue weighted by atomic mass is 9.97. The Bertz CT molecular complexity index is 642. The van der Waals surface area contributed by atoms with Crippen molar-refractivity contribution < 1.29 is 17.9 Å². The van der Waals surface area contributed by atoms with Gasteiger partial charge >= 0.3 is 0 Å². The van der Waals surface area contributed by atoms with Crippen LogP contribution in [0.4, 0.5) is 0 Å². The van der Waals surface area contributed by atoms with Crippen LogP contribution in [0.3, 0.4) is 0 Å². The number of hydrogen-bond donors (Lipinski definition) is 1. The third-order valence-electron chi connectivity index (χ3n) is 4.13. The van der Waals surface area contributed by atoms with Gasteiger partial charge in [-0.05, 0) is 26.2 Å². The number of likely N-dealkylation sites (tertiary alicyclic amines) is 1. The van der Waals surface area contributed by atoms with Crippen LogP contribution in [-0.2, 0) is 26.1 Å². The van der Waals surface area contributed by atoms with Crippen molar-refractivity contribution >= 4 is 15.9 Å². The number of amides is 1. The van der Waals surface area contributed by atoms with E-state index in [4.69, 9.17) is 9.88 Å². The molecule has 2 rings (SSSR count). The van der Waals surface area contributed by atoms with E-state index >= 15 is 0 Å². The molecule has 0 spiro atoms. The summed E-state index contributed by atoms with van der Waals surface area (Å²) in [4.78, 5) is 14.0. The summed E-state index contributed by atoms with van der Waals surface area (Å²) in [5.41, 5.74) is -0.193. The minimum absolute atomic E-state index is 0.000777. The highest BCUT2D eigenvalue weighted by Gasteiger charge is 2.29. The van der Waals surface area contributed by atoms with E-state index in [1.807, 2.05) is 6.92 Å². The maximum atomic E-state index is 12.3. The first-order valence-electron chi connectivity index (χ1n) is 7.12. The average molecular weight is 330 g/mol. The Morgan fingerprint density at radius 3 is 2.77 bits per heavy atom. The first kappa shape index (κ1) is 16.9.